The topological polar surface area (TPSA) is 103 Å². The van der Waals surface area contributed by atoms with E-state index in [-0.39, 0.29) is 24.1 Å². The lowest BCUT2D eigenvalue weighted by Gasteiger charge is -2.35. The number of nitrogens with zero attached hydrogens (tertiary/aromatic N) is 6. The second-order valence-corrected chi connectivity index (χ2v) is 9.83. The van der Waals surface area contributed by atoms with Crippen molar-refractivity contribution in [3.05, 3.63) is 40.4 Å². The Morgan fingerprint density at radius 3 is 2.44 bits per heavy atom. The normalized spacial score (nSPS) is 14.8. The Hall–Kier alpha value is -3.21. The molecule has 0 unspecified atom stereocenters. The van der Waals surface area contributed by atoms with Crippen LogP contribution in [-0.2, 0) is 16.1 Å². The van der Waals surface area contributed by atoms with Gasteiger partial charge in [-0.15, -0.1) is 5.10 Å². The number of rotatable bonds is 3. The van der Waals surface area contributed by atoms with E-state index in [0.29, 0.717) is 31.6 Å². The van der Waals surface area contributed by atoms with Crippen molar-refractivity contribution in [2.45, 2.75) is 39.8 Å². The summed E-state index contributed by atoms with van der Waals surface area (Å²) in [6, 6.07) is 5.43. The van der Waals surface area contributed by atoms with Gasteiger partial charge in [0.05, 0.1) is 27.7 Å². The molecule has 3 aromatic rings. The second-order valence-electron chi connectivity index (χ2n) is 8.77. The van der Waals surface area contributed by atoms with E-state index in [1.807, 2.05) is 39.8 Å². The van der Waals surface area contributed by atoms with Crippen LogP contribution in [0.25, 0.3) is 15.8 Å². The molecular weight excluding hydrogens is 432 g/mol. The number of hydrogen-bond acceptors (Lipinski definition) is 7. The molecule has 0 atom stereocenters. The van der Waals surface area contributed by atoms with Crippen LogP contribution in [0.1, 0.15) is 26.5 Å². The minimum atomic E-state index is -0.557. The summed E-state index contributed by atoms with van der Waals surface area (Å²) in [5.41, 5.74) is 0.857. The second kappa shape index (κ2) is 8.38. The van der Waals surface area contributed by atoms with Crippen molar-refractivity contribution in [1.29, 1.82) is 0 Å². The Bertz CT molecular complexity index is 1210. The van der Waals surface area contributed by atoms with E-state index in [4.69, 9.17) is 4.74 Å². The van der Waals surface area contributed by atoms with E-state index in [0.717, 1.165) is 16.1 Å². The molecule has 11 heteroatoms. The minimum absolute atomic E-state index is 0.0254. The lowest BCUT2D eigenvalue weighted by molar-refractivity contribution is -0.133. The highest BCUT2D eigenvalue weighted by Gasteiger charge is 2.28. The largest absolute Gasteiger partial charge is 0.444 e. The highest BCUT2D eigenvalue weighted by molar-refractivity contribution is 7.13. The quantitative estimate of drug-likeness (QED) is 0.595. The zero-order chi connectivity index (χ0) is 23.0. The molecule has 1 aromatic carbocycles. The van der Waals surface area contributed by atoms with Gasteiger partial charge in [0.15, 0.2) is 0 Å². The van der Waals surface area contributed by atoms with Crippen LogP contribution in [0.4, 0.5) is 4.79 Å². The van der Waals surface area contributed by atoms with Gasteiger partial charge in [-0.3, -0.25) is 13.5 Å². The molecule has 0 bridgehead atoms. The zero-order valence-electron chi connectivity index (χ0n) is 18.6. The average molecular weight is 459 g/mol. The van der Waals surface area contributed by atoms with E-state index in [1.165, 1.54) is 15.5 Å². The lowest BCUT2D eigenvalue weighted by atomic mass is 10.2. The molecular formula is C21H26N6O4S. The fourth-order valence-corrected chi connectivity index (χ4v) is 4.49. The smallest absolute Gasteiger partial charge is 0.410 e. The highest BCUT2D eigenvalue weighted by Crippen LogP contribution is 2.21. The van der Waals surface area contributed by atoms with Crippen molar-refractivity contribution in [1.82, 2.24) is 28.8 Å². The molecule has 2 amide bonds. The van der Waals surface area contributed by atoms with Gasteiger partial charge in [0.2, 0.25) is 5.91 Å². The molecule has 0 N–H and O–H groups in total. The van der Waals surface area contributed by atoms with Gasteiger partial charge < -0.3 is 14.5 Å². The number of carbonyl (C=O) groups excluding carboxylic acids is 2. The summed E-state index contributed by atoms with van der Waals surface area (Å²) in [5, 5.41) is 8.61. The van der Waals surface area contributed by atoms with Crippen LogP contribution >= 0.6 is 11.5 Å². The predicted octanol–water partition coefficient (Wildman–Crippen LogP) is 2.03. The summed E-state index contributed by atoms with van der Waals surface area (Å²) in [5.74, 6) is -0.144. The number of hydrogen-bond donors (Lipinski definition) is 0. The number of carbonyl (C=O) groups is 2. The van der Waals surface area contributed by atoms with E-state index in [1.54, 1.807) is 26.7 Å². The number of aryl methyl sites for hydroxylation is 1. The summed E-state index contributed by atoms with van der Waals surface area (Å²) < 4.78 is 9.30. The van der Waals surface area contributed by atoms with Gasteiger partial charge in [-0.25, -0.2) is 9.48 Å². The molecule has 0 spiro atoms. The van der Waals surface area contributed by atoms with Gasteiger partial charge in [0.25, 0.3) is 5.56 Å². The SMILES string of the molecule is Cc1cn(-c2ccc3c(=O)n(CC(=O)N4CCN(C(=O)OC(C)(C)C)CC4)sc3c2)nn1. The van der Waals surface area contributed by atoms with Gasteiger partial charge in [0.1, 0.15) is 12.1 Å². The zero-order valence-corrected chi connectivity index (χ0v) is 19.4. The van der Waals surface area contributed by atoms with E-state index < -0.39 is 5.60 Å². The predicted molar refractivity (Wildman–Crippen MR) is 120 cm³/mol. The molecule has 2 aromatic heterocycles. The molecule has 32 heavy (non-hydrogen) atoms. The molecule has 0 radical (unpaired) electrons. The fraction of sp³-hybridized carbons (Fsp3) is 0.476. The number of benzene rings is 1. The Labute approximate surface area is 189 Å². The van der Waals surface area contributed by atoms with E-state index >= 15 is 0 Å². The van der Waals surface area contributed by atoms with Gasteiger partial charge in [0, 0.05) is 26.2 Å². The molecule has 1 aliphatic rings. The molecule has 0 saturated carbocycles. The van der Waals surface area contributed by atoms with Crippen LogP contribution in [0.3, 0.4) is 0 Å². The van der Waals surface area contributed by atoms with Crippen molar-refractivity contribution in [2.24, 2.45) is 0 Å². The van der Waals surface area contributed by atoms with Crippen molar-refractivity contribution < 1.29 is 14.3 Å². The minimum Gasteiger partial charge on any atom is -0.444 e. The van der Waals surface area contributed by atoms with Crippen LogP contribution in [0.15, 0.2) is 29.2 Å². The number of piperazine rings is 1. The maximum atomic E-state index is 12.8. The lowest BCUT2D eigenvalue weighted by Crippen LogP contribution is -2.52. The molecule has 1 saturated heterocycles. The average Bonchev–Trinajstić information content (AvgIpc) is 3.30. The first-order valence-corrected chi connectivity index (χ1v) is 11.2. The van der Waals surface area contributed by atoms with Crippen molar-refractivity contribution in [3.8, 4) is 5.69 Å². The van der Waals surface area contributed by atoms with E-state index in [9.17, 15) is 14.4 Å². The van der Waals surface area contributed by atoms with Gasteiger partial charge in [-0.05, 0) is 45.9 Å². The van der Waals surface area contributed by atoms with Crippen LogP contribution in [0.5, 0.6) is 0 Å². The third kappa shape index (κ3) is 4.67. The van der Waals surface area contributed by atoms with Crippen LogP contribution in [-0.4, -0.2) is 72.5 Å². The third-order valence-electron chi connectivity index (χ3n) is 5.07. The number of ether oxygens (including phenoxy) is 1. The van der Waals surface area contributed by atoms with Gasteiger partial charge in [-0.2, -0.15) is 0 Å². The Morgan fingerprint density at radius 2 is 1.81 bits per heavy atom. The molecule has 1 fully saturated rings. The summed E-state index contributed by atoms with van der Waals surface area (Å²) >= 11 is 1.25. The van der Waals surface area contributed by atoms with Crippen LogP contribution in [0, 0.1) is 6.92 Å². The van der Waals surface area contributed by atoms with Crippen molar-refractivity contribution >= 4 is 33.6 Å². The molecule has 4 rings (SSSR count). The Balaban J connectivity index is 1.42. The fourth-order valence-electron chi connectivity index (χ4n) is 3.47. The maximum Gasteiger partial charge on any atom is 0.410 e. The number of amides is 2. The first-order valence-electron chi connectivity index (χ1n) is 10.4. The number of aromatic nitrogens is 4. The van der Waals surface area contributed by atoms with Gasteiger partial charge >= 0.3 is 6.09 Å². The molecule has 10 nitrogen and oxygen atoms in total. The van der Waals surface area contributed by atoms with Crippen molar-refractivity contribution in [3.63, 3.8) is 0 Å². The summed E-state index contributed by atoms with van der Waals surface area (Å²) in [6.07, 6.45) is 1.44. The summed E-state index contributed by atoms with van der Waals surface area (Å²) in [7, 11) is 0. The monoisotopic (exact) mass is 458 g/mol. The van der Waals surface area contributed by atoms with Gasteiger partial charge in [-0.1, -0.05) is 16.7 Å². The maximum absolute atomic E-state index is 12.8. The number of fused-ring (bicyclic) bond motifs is 1. The Morgan fingerprint density at radius 1 is 1.12 bits per heavy atom. The standard InChI is InChI=1S/C21H26N6O4S/c1-14-12-26(23-22-14)15-5-6-16-17(11-15)32-27(19(16)29)13-18(28)24-7-9-25(10-8-24)20(30)31-21(2,3)4/h5-6,11-12H,7-10,13H2,1-4H3. The molecule has 0 aliphatic carbocycles. The highest BCUT2D eigenvalue weighted by atomic mass is 32.1. The Kier molecular flexibility index (Phi) is 5.76. The molecule has 3 heterocycles. The van der Waals surface area contributed by atoms with Crippen LogP contribution in [0.2, 0.25) is 0 Å². The molecule has 1 aliphatic heterocycles. The summed E-state index contributed by atoms with van der Waals surface area (Å²) in [4.78, 5) is 41.1. The van der Waals surface area contributed by atoms with Crippen molar-refractivity contribution in [2.75, 3.05) is 26.2 Å². The first-order chi connectivity index (χ1) is 15.1. The first kappa shape index (κ1) is 22.0. The third-order valence-corrected chi connectivity index (χ3v) is 6.12. The molecule has 170 valence electrons. The van der Waals surface area contributed by atoms with Crippen LogP contribution < -0.4 is 5.56 Å². The summed E-state index contributed by atoms with van der Waals surface area (Å²) in [6.45, 7) is 8.93. The van der Waals surface area contributed by atoms with E-state index in [2.05, 4.69) is 10.3 Å².